The molecule has 0 saturated carbocycles. The second-order valence-corrected chi connectivity index (χ2v) is 7.13. The van der Waals surface area contributed by atoms with E-state index >= 15 is 0 Å². The number of carbonyl (C=O) groups is 3. The molecule has 0 aliphatic carbocycles. The van der Waals surface area contributed by atoms with Crippen molar-refractivity contribution in [3.05, 3.63) is 0 Å². The molecule has 0 radical (unpaired) electrons. The third-order valence-corrected chi connectivity index (χ3v) is 3.12. The van der Waals surface area contributed by atoms with Crippen molar-refractivity contribution in [2.24, 2.45) is 5.92 Å². The molecule has 0 rings (SSSR count). The topological polar surface area (TPSA) is 125 Å². The molecule has 0 spiro atoms. The van der Waals surface area contributed by atoms with Gasteiger partial charge in [0.25, 0.3) is 0 Å². The Bertz CT molecular complexity index is 444. The summed E-state index contributed by atoms with van der Waals surface area (Å²) in [5, 5.41) is 23.5. The van der Waals surface area contributed by atoms with Crippen LogP contribution in [-0.4, -0.2) is 52.0 Å². The van der Waals surface area contributed by atoms with Gasteiger partial charge in [-0.1, -0.05) is 20.8 Å². The molecule has 2 amide bonds. The van der Waals surface area contributed by atoms with Crippen molar-refractivity contribution in [2.45, 2.75) is 78.2 Å². The molecule has 0 fully saturated rings. The zero-order chi connectivity index (χ0) is 19.1. The molecule has 0 bridgehead atoms. The quantitative estimate of drug-likeness (QED) is 0.524. The van der Waals surface area contributed by atoms with Crippen LogP contribution in [0.2, 0.25) is 0 Å². The summed E-state index contributed by atoms with van der Waals surface area (Å²) < 4.78 is 5.14. The second-order valence-electron chi connectivity index (χ2n) is 7.13. The van der Waals surface area contributed by atoms with Crippen LogP contribution in [-0.2, 0) is 14.3 Å². The number of ether oxygens (including phenoxy) is 1. The van der Waals surface area contributed by atoms with E-state index in [4.69, 9.17) is 9.84 Å². The first kappa shape index (κ1) is 22.2. The van der Waals surface area contributed by atoms with Crippen LogP contribution in [0.5, 0.6) is 0 Å². The zero-order valence-electron chi connectivity index (χ0n) is 15.3. The van der Waals surface area contributed by atoms with Crippen LogP contribution in [0.4, 0.5) is 4.79 Å². The Kier molecular flexibility index (Phi) is 8.74. The Morgan fingerprint density at radius 2 is 1.67 bits per heavy atom. The lowest BCUT2D eigenvalue weighted by Crippen LogP contribution is -2.54. The molecule has 8 heteroatoms. The van der Waals surface area contributed by atoms with E-state index in [9.17, 15) is 19.5 Å². The fourth-order valence-electron chi connectivity index (χ4n) is 2.01. The number of nitrogens with one attached hydrogen (secondary N) is 2. The van der Waals surface area contributed by atoms with Gasteiger partial charge in [0.05, 0.1) is 6.04 Å². The normalized spacial score (nSPS) is 15.3. The van der Waals surface area contributed by atoms with Gasteiger partial charge in [0.1, 0.15) is 11.6 Å². The first-order chi connectivity index (χ1) is 10.9. The molecule has 0 saturated heterocycles. The lowest BCUT2D eigenvalue weighted by molar-refractivity contribution is -0.148. The van der Waals surface area contributed by atoms with E-state index in [-0.39, 0.29) is 12.3 Å². The summed E-state index contributed by atoms with van der Waals surface area (Å²) in [5.41, 5.74) is -0.700. The third kappa shape index (κ3) is 8.71. The van der Waals surface area contributed by atoms with Gasteiger partial charge in [0.15, 0.2) is 6.10 Å². The molecule has 0 heterocycles. The average molecular weight is 346 g/mol. The van der Waals surface area contributed by atoms with Gasteiger partial charge in [-0.15, -0.1) is 0 Å². The van der Waals surface area contributed by atoms with Gasteiger partial charge < -0.3 is 25.6 Å². The van der Waals surface area contributed by atoms with Crippen LogP contribution in [0.1, 0.15) is 54.4 Å². The highest BCUT2D eigenvalue weighted by Gasteiger charge is 2.30. The number of aliphatic hydroxyl groups is 1. The Morgan fingerprint density at radius 3 is 2.04 bits per heavy atom. The Labute approximate surface area is 142 Å². The fourth-order valence-corrected chi connectivity index (χ4v) is 2.01. The highest BCUT2D eigenvalue weighted by atomic mass is 16.6. The highest BCUT2D eigenvalue weighted by molar-refractivity contribution is 5.86. The van der Waals surface area contributed by atoms with Crippen molar-refractivity contribution in [3.63, 3.8) is 0 Å². The van der Waals surface area contributed by atoms with Gasteiger partial charge >= 0.3 is 12.1 Å². The first-order valence-electron chi connectivity index (χ1n) is 8.08. The number of rotatable bonds is 8. The molecule has 0 aromatic carbocycles. The van der Waals surface area contributed by atoms with Crippen molar-refractivity contribution in [3.8, 4) is 0 Å². The maximum atomic E-state index is 12.4. The van der Waals surface area contributed by atoms with Crippen molar-refractivity contribution < 1.29 is 29.3 Å². The predicted octanol–water partition coefficient (Wildman–Crippen LogP) is 1.27. The molecule has 0 aromatic heterocycles. The summed E-state index contributed by atoms with van der Waals surface area (Å²) in [6, 6.07) is -1.82. The van der Waals surface area contributed by atoms with E-state index in [1.54, 1.807) is 27.7 Å². The molecule has 2 unspecified atom stereocenters. The number of hydrogen-bond acceptors (Lipinski definition) is 5. The van der Waals surface area contributed by atoms with Gasteiger partial charge in [-0.05, 0) is 39.5 Å². The minimum Gasteiger partial charge on any atom is -0.479 e. The van der Waals surface area contributed by atoms with Crippen LogP contribution < -0.4 is 10.6 Å². The molecule has 24 heavy (non-hydrogen) atoms. The first-order valence-corrected chi connectivity index (χ1v) is 8.08. The van der Waals surface area contributed by atoms with E-state index in [0.29, 0.717) is 6.42 Å². The summed E-state index contributed by atoms with van der Waals surface area (Å²) in [6.45, 7) is 10.6. The number of carboxylic acids is 1. The Hall–Kier alpha value is -1.83. The standard InChI is InChI=1S/C16H30N2O6/c1-7-10(12(19)14(21)22)17-13(20)11(8-9(2)3)18-15(23)24-16(4,5)6/h9-12,19H,7-8H2,1-6H3,(H,17,20)(H,18,23)(H,21,22)/t10?,11-,12?/m0/s1. The van der Waals surface area contributed by atoms with Gasteiger partial charge in [-0.3, -0.25) is 4.79 Å². The lowest BCUT2D eigenvalue weighted by atomic mass is 10.0. The van der Waals surface area contributed by atoms with Crippen molar-refractivity contribution in [2.75, 3.05) is 0 Å². The van der Waals surface area contributed by atoms with E-state index in [1.165, 1.54) is 0 Å². The lowest BCUT2D eigenvalue weighted by Gasteiger charge is -2.26. The van der Waals surface area contributed by atoms with Crippen LogP contribution in [0, 0.1) is 5.92 Å². The molecular formula is C16H30N2O6. The maximum Gasteiger partial charge on any atom is 0.408 e. The SMILES string of the molecule is CCC(NC(=O)[C@H](CC(C)C)NC(=O)OC(C)(C)C)C(O)C(=O)O. The average Bonchev–Trinajstić information content (AvgIpc) is 2.40. The monoisotopic (exact) mass is 346 g/mol. The smallest absolute Gasteiger partial charge is 0.408 e. The van der Waals surface area contributed by atoms with Crippen LogP contribution in [0.3, 0.4) is 0 Å². The summed E-state index contributed by atoms with van der Waals surface area (Å²) in [5.74, 6) is -1.86. The largest absolute Gasteiger partial charge is 0.479 e. The Balaban J connectivity index is 4.99. The summed E-state index contributed by atoms with van der Waals surface area (Å²) in [7, 11) is 0. The predicted molar refractivity (Wildman–Crippen MR) is 88.5 cm³/mol. The zero-order valence-corrected chi connectivity index (χ0v) is 15.3. The van der Waals surface area contributed by atoms with Gasteiger partial charge in [-0.25, -0.2) is 9.59 Å². The van der Waals surface area contributed by atoms with Crippen molar-refractivity contribution >= 4 is 18.0 Å². The number of aliphatic carboxylic acids is 1. The molecule has 140 valence electrons. The molecule has 8 nitrogen and oxygen atoms in total. The minimum absolute atomic E-state index is 0.111. The molecular weight excluding hydrogens is 316 g/mol. The van der Waals surface area contributed by atoms with Gasteiger partial charge in [0.2, 0.25) is 5.91 Å². The number of hydrogen-bond donors (Lipinski definition) is 4. The van der Waals surface area contributed by atoms with E-state index in [2.05, 4.69) is 10.6 Å². The van der Waals surface area contributed by atoms with E-state index in [0.717, 1.165) is 0 Å². The van der Waals surface area contributed by atoms with E-state index in [1.807, 2.05) is 13.8 Å². The fraction of sp³-hybridized carbons (Fsp3) is 0.812. The number of carboxylic acid groups (broad SMARTS) is 1. The van der Waals surface area contributed by atoms with Crippen molar-refractivity contribution in [1.82, 2.24) is 10.6 Å². The van der Waals surface area contributed by atoms with Gasteiger partial charge in [-0.2, -0.15) is 0 Å². The summed E-state index contributed by atoms with van der Waals surface area (Å²) in [6.07, 6.45) is -1.85. The highest BCUT2D eigenvalue weighted by Crippen LogP contribution is 2.10. The molecule has 0 aromatic rings. The number of carbonyl (C=O) groups excluding carboxylic acids is 2. The van der Waals surface area contributed by atoms with Gasteiger partial charge in [0, 0.05) is 0 Å². The molecule has 0 aliphatic rings. The maximum absolute atomic E-state index is 12.4. The minimum atomic E-state index is -1.71. The van der Waals surface area contributed by atoms with Crippen molar-refractivity contribution in [1.29, 1.82) is 0 Å². The Morgan fingerprint density at radius 1 is 1.12 bits per heavy atom. The molecule has 3 atom stereocenters. The summed E-state index contributed by atoms with van der Waals surface area (Å²) >= 11 is 0. The number of alkyl carbamates (subject to hydrolysis) is 1. The van der Waals surface area contributed by atoms with E-state index < -0.39 is 41.8 Å². The number of aliphatic hydroxyl groups excluding tert-OH is 1. The van der Waals surface area contributed by atoms with Crippen LogP contribution in [0.25, 0.3) is 0 Å². The molecule has 0 aliphatic heterocycles. The second kappa shape index (κ2) is 9.46. The van der Waals surface area contributed by atoms with Crippen LogP contribution >= 0.6 is 0 Å². The summed E-state index contributed by atoms with van der Waals surface area (Å²) in [4.78, 5) is 35.2. The molecule has 4 N–H and O–H groups in total. The third-order valence-electron chi connectivity index (χ3n) is 3.12. The van der Waals surface area contributed by atoms with Crippen LogP contribution in [0.15, 0.2) is 0 Å². The number of amides is 2.